The molecule has 3 aromatic carbocycles. The summed E-state index contributed by atoms with van der Waals surface area (Å²) in [4.78, 5) is 29.5. The van der Waals surface area contributed by atoms with Crippen LogP contribution in [-0.4, -0.2) is 52.5 Å². The normalized spacial score (nSPS) is 16.9. The van der Waals surface area contributed by atoms with Gasteiger partial charge in [-0.2, -0.15) is 0 Å². The minimum atomic E-state index is -0.967. The quantitative estimate of drug-likeness (QED) is 0.669. The molecular formula is C26H26N2O3. The van der Waals surface area contributed by atoms with Crippen LogP contribution in [0.3, 0.4) is 0 Å². The Morgan fingerprint density at radius 3 is 1.84 bits per heavy atom. The van der Waals surface area contributed by atoms with E-state index in [1.807, 2.05) is 91.0 Å². The van der Waals surface area contributed by atoms with Crippen molar-refractivity contribution in [3.05, 3.63) is 108 Å². The third-order valence-corrected chi connectivity index (χ3v) is 5.79. The van der Waals surface area contributed by atoms with E-state index in [-0.39, 0.29) is 5.91 Å². The van der Waals surface area contributed by atoms with Crippen LogP contribution in [0.1, 0.15) is 22.6 Å². The number of amides is 1. The zero-order valence-electron chi connectivity index (χ0n) is 17.3. The Morgan fingerprint density at radius 1 is 0.806 bits per heavy atom. The van der Waals surface area contributed by atoms with Gasteiger partial charge in [0, 0.05) is 26.2 Å². The molecule has 1 heterocycles. The maximum atomic E-state index is 13.7. The highest BCUT2D eigenvalue weighted by molar-refractivity contribution is 5.91. The van der Waals surface area contributed by atoms with Gasteiger partial charge in [0.25, 0.3) is 0 Å². The standard InChI is InChI=1S/C26H26N2O3/c29-25(24(21-12-6-2-7-13-21)22-14-8-3-9-15-22)28-17-16-27(19-23(28)26(30)31)18-20-10-4-1-5-11-20/h1-15,23-24H,16-19H2,(H,30,31). The molecule has 158 valence electrons. The summed E-state index contributed by atoms with van der Waals surface area (Å²) < 4.78 is 0. The van der Waals surface area contributed by atoms with Gasteiger partial charge in [-0.05, 0) is 16.7 Å². The molecule has 1 saturated heterocycles. The van der Waals surface area contributed by atoms with Crippen molar-refractivity contribution < 1.29 is 14.7 Å². The van der Waals surface area contributed by atoms with Gasteiger partial charge in [-0.25, -0.2) is 4.79 Å². The number of carboxylic acid groups (broad SMARTS) is 1. The average Bonchev–Trinajstić information content (AvgIpc) is 2.81. The number of hydrogen-bond donors (Lipinski definition) is 1. The Bertz CT molecular complexity index is 969. The highest BCUT2D eigenvalue weighted by Crippen LogP contribution is 2.29. The van der Waals surface area contributed by atoms with E-state index in [9.17, 15) is 14.7 Å². The zero-order chi connectivity index (χ0) is 21.6. The predicted octanol–water partition coefficient (Wildman–Crippen LogP) is 3.62. The van der Waals surface area contributed by atoms with E-state index in [1.54, 1.807) is 4.90 Å². The molecule has 0 spiro atoms. The first kappa shape index (κ1) is 20.8. The van der Waals surface area contributed by atoms with E-state index in [0.717, 1.165) is 16.7 Å². The van der Waals surface area contributed by atoms with E-state index < -0.39 is 17.9 Å². The maximum Gasteiger partial charge on any atom is 0.327 e. The molecule has 31 heavy (non-hydrogen) atoms. The molecule has 5 nitrogen and oxygen atoms in total. The van der Waals surface area contributed by atoms with Crippen molar-refractivity contribution in [1.29, 1.82) is 0 Å². The highest BCUT2D eigenvalue weighted by atomic mass is 16.4. The maximum absolute atomic E-state index is 13.7. The lowest BCUT2D eigenvalue weighted by Crippen LogP contribution is -2.58. The number of benzene rings is 3. The molecule has 3 aromatic rings. The van der Waals surface area contributed by atoms with Crippen molar-refractivity contribution in [2.45, 2.75) is 18.5 Å². The number of carbonyl (C=O) groups is 2. The van der Waals surface area contributed by atoms with Crippen molar-refractivity contribution in [3.8, 4) is 0 Å². The van der Waals surface area contributed by atoms with Gasteiger partial charge in [0.15, 0.2) is 0 Å². The first-order chi connectivity index (χ1) is 15.1. The second-order valence-electron chi connectivity index (χ2n) is 7.86. The lowest BCUT2D eigenvalue weighted by molar-refractivity contribution is -0.154. The number of nitrogens with zero attached hydrogens (tertiary/aromatic N) is 2. The first-order valence-corrected chi connectivity index (χ1v) is 10.5. The Morgan fingerprint density at radius 2 is 1.32 bits per heavy atom. The van der Waals surface area contributed by atoms with Crippen LogP contribution < -0.4 is 0 Å². The molecule has 1 aliphatic rings. The Hall–Kier alpha value is -3.44. The molecule has 0 aromatic heterocycles. The molecule has 0 aliphatic carbocycles. The summed E-state index contributed by atoms with van der Waals surface area (Å²) in [5.74, 6) is -1.65. The molecular weight excluding hydrogens is 388 g/mol. The molecule has 0 saturated carbocycles. The van der Waals surface area contributed by atoms with Crippen LogP contribution in [0.2, 0.25) is 0 Å². The van der Waals surface area contributed by atoms with Gasteiger partial charge < -0.3 is 10.0 Å². The van der Waals surface area contributed by atoms with E-state index in [4.69, 9.17) is 0 Å². The molecule has 0 bridgehead atoms. The zero-order valence-corrected chi connectivity index (χ0v) is 17.3. The Labute approximate surface area is 182 Å². The molecule has 1 unspecified atom stereocenters. The van der Waals surface area contributed by atoms with E-state index in [1.165, 1.54) is 0 Å². The van der Waals surface area contributed by atoms with E-state index in [2.05, 4.69) is 4.90 Å². The predicted molar refractivity (Wildman–Crippen MR) is 120 cm³/mol. The lowest BCUT2D eigenvalue weighted by atomic mass is 9.89. The summed E-state index contributed by atoms with van der Waals surface area (Å²) >= 11 is 0. The lowest BCUT2D eigenvalue weighted by Gasteiger charge is -2.41. The van der Waals surface area contributed by atoms with Gasteiger partial charge in [0.1, 0.15) is 6.04 Å². The topological polar surface area (TPSA) is 60.9 Å². The van der Waals surface area contributed by atoms with Crippen LogP contribution in [0.25, 0.3) is 0 Å². The van der Waals surface area contributed by atoms with Crippen LogP contribution in [0, 0.1) is 0 Å². The van der Waals surface area contributed by atoms with Crippen molar-refractivity contribution in [2.24, 2.45) is 0 Å². The fourth-order valence-corrected chi connectivity index (χ4v) is 4.23. The van der Waals surface area contributed by atoms with Crippen molar-refractivity contribution >= 4 is 11.9 Å². The second kappa shape index (κ2) is 9.58. The van der Waals surface area contributed by atoms with Crippen molar-refractivity contribution in [1.82, 2.24) is 9.80 Å². The van der Waals surface area contributed by atoms with Crippen LogP contribution in [0.4, 0.5) is 0 Å². The van der Waals surface area contributed by atoms with Gasteiger partial charge >= 0.3 is 5.97 Å². The molecule has 1 aliphatic heterocycles. The smallest absolute Gasteiger partial charge is 0.327 e. The molecule has 1 atom stereocenters. The van der Waals surface area contributed by atoms with Crippen molar-refractivity contribution in [2.75, 3.05) is 19.6 Å². The third-order valence-electron chi connectivity index (χ3n) is 5.79. The average molecular weight is 415 g/mol. The summed E-state index contributed by atoms with van der Waals surface area (Å²) in [6.07, 6.45) is 0. The second-order valence-corrected chi connectivity index (χ2v) is 7.86. The van der Waals surface area contributed by atoms with E-state index in [0.29, 0.717) is 26.2 Å². The number of piperazine rings is 1. The largest absolute Gasteiger partial charge is 0.480 e. The summed E-state index contributed by atoms with van der Waals surface area (Å²) in [7, 11) is 0. The summed E-state index contributed by atoms with van der Waals surface area (Å²) in [6.45, 7) is 2.01. The first-order valence-electron chi connectivity index (χ1n) is 10.5. The van der Waals surface area contributed by atoms with Gasteiger partial charge in [-0.3, -0.25) is 9.69 Å². The molecule has 4 rings (SSSR count). The minimum absolute atomic E-state index is 0.163. The fraction of sp³-hybridized carbons (Fsp3) is 0.231. The van der Waals surface area contributed by atoms with Crippen LogP contribution in [-0.2, 0) is 16.1 Å². The molecule has 5 heteroatoms. The van der Waals surface area contributed by atoms with Gasteiger partial charge in [0.05, 0.1) is 5.92 Å². The van der Waals surface area contributed by atoms with Crippen LogP contribution in [0.15, 0.2) is 91.0 Å². The van der Waals surface area contributed by atoms with Crippen LogP contribution >= 0.6 is 0 Å². The molecule has 1 N–H and O–H groups in total. The SMILES string of the molecule is O=C(O)C1CN(Cc2ccccc2)CCN1C(=O)C(c1ccccc1)c1ccccc1. The summed E-state index contributed by atoms with van der Waals surface area (Å²) in [5, 5.41) is 9.94. The van der Waals surface area contributed by atoms with Gasteiger partial charge in [-0.1, -0.05) is 91.0 Å². The highest BCUT2D eigenvalue weighted by Gasteiger charge is 2.38. The van der Waals surface area contributed by atoms with Crippen LogP contribution in [0.5, 0.6) is 0 Å². The monoisotopic (exact) mass is 414 g/mol. The van der Waals surface area contributed by atoms with Gasteiger partial charge in [0.2, 0.25) is 5.91 Å². The van der Waals surface area contributed by atoms with Gasteiger partial charge in [-0.15, -0.1) is 0 Å². The van der Waals surface area contributed by atoms with E-state index >= 15 is 0 Å². The number of rotatable bonds is 6. The minimum Gasteiger partial charge on any atom is -0.480 e. The molecule has 1 fully saturated rings. The molecule has 1 amide bonds. The fourth-order valence-electron chi connectivity index (χ4n) is 4.23. The number of carbonyl (C=O) groups excluding carboxylic acids is 1. The summed E-state index contributed by atoms with van der Waals surface area (Å²) in [5.41, 5.74) is 2.88. The third kappa shape index (κ3) is 4.84. The number of aliphatic carboxylic acids is 1. The molecule has 0 radical (unpaired) electrons. The number of carboxylic acids is 1. The number of hydrogen-bond acceptors (Lipinski definition) is 3. The van der Waals surface area contributed by atoms with Crippen molar-refractivity contribution in [3.63, 3.8) is 0 Å². The Kier molecular flexibility index (Phi) is 6.43. The Balaban J connectivity index is 1.59. The summed E-state index contributed by atoms with van der Waals surface area (Å²) in [6, 6.07) is 28.3.